The summed E-state index contributed by atoms with van der Waals surface area (Å²) in [5.74, 6) is 0.819. The molecule has 1 fully saturated rings. The molecule has 0 amide bonds. The molecule has 0 unspecified atom stereocenters. The molecule has 11 heavy (non-hydrogen) atoms. The highest BCUT2D eigenvalue weighted by atomic mass is 14.7. The highest BCUT2D eigenvalue weighted by molar-refractivity contribution is 5.06. The Kier molecular flexibility index (Phi) is 2.51. The van der Waals surface area contributed by atoms with Gasteiger partial charge in [-0.2, -0.15) is 5.26 Å². The van der Waals surface area contributed by atoms with Crippen LogP contribution in [0.4, 0.5) is 0 Å². The van der Waals surface area contributed by atoms with Gasteiger partial charge in [0.15, 0.2) is 0 Å². The number of nitrogens with two attached hydrogens (primary N) is 1. The van der Waals surface area contributed by atoms with Crippen LogP contribution in [0.1, 0.15) is 39.0 Å². The first kappa shape index (κ1) is 8.55. The second-order valence-corrected chi connectivity index (χ2v) is 3.62. The molecule has 1 rings (SSSR count). The molecule has 0 bridgehead atoms. The molecule has 62 valence electrons. The third-order valence-electron chi connectivity index (χ3n) is 2.80. The zero-order valence-corrected chi connectivity index (χ0v) is 7.14. The predicted molar refractivity (Wildman–Crippen MR) is 44.8 cm³/mol. The maximum atomic E-state index is 8.73. The topological polar surface area (TPSA) is 49.8 Å². The first-order valence-electron chi connectivity index (χ1n) is 4.40. The van der Waals surface area contributed by atoms with Gasteiger partial charge in [0.1, 0.15) is 5.54 Å². The summed E-state index contributed by atoms with van der Waals surface area (Å²) in [6.07, 6.45) is 5.30. The van der Waals surface area contributed by atoms with Crippen molar-refractivity contribution in [2.24, 2.45) is 11.7 Å². The Labute approximate surface area is 68.4 Å². The molecule has 1 aliphatic carbocycles. The summed E-state index contributed by atoms with van der Waals surface area (Å²) in [5.41, 5.74) is 5.32. The first-order valence-corrected chi connectivity index (χ1v) is 4.40. The summed E-state index contributed by atoms with van der Waals surface area (Å²) in [6, 6.07) is 2.20. The molecule has 2 nitrogen and oxygen atoms in total. The van der Waals surface area contributed by atoms with Crippen molar-refractivity contribution >= 4 is 0 Å². The van der Waals surface area contributed by atoms with Gasteiger partial charge in [-0.05, 0) is 31.6 Å². The minimum Gasteiger partial charge on any atom is -0.313 e. The molecule has 0 heterocycles. The van der Waals surface area contributed by atoms with Gasteiger partial charge in [0.05, 0.1) is 6.07 Å². The van der Waals surface area contributed by atoms with Crippen molar-refractivity contribution in [1.82, 2.24) is 0 Å². The lowest BCUT2D eigenvalue weighted by atomic mass is 9.77. The minimum atomic E-state index is -0.494. The van der Waals surface area contributed by atoms with Gasteiger partial charge >= 0.3 is 0 Å². The standard InChI is InChI=1S/C9H16N2/c1-2-8-3-5-9(11,7-10)6-4-8/h8H,2-6,11H2,1H3/t8-,9+. The summed E-state index contributed by atoms with van der Waals surface area (Å²) < 4.78 is 0. The van der Waals surface area contributed by atoms with E-state index in [4.69, 9.17) is 11.0 Å². The van der Waals surface area contributed by atoms with Crippen molar-refractivity contribution in [3.8, 4) is 6.07 Å². The van der Waals surface area contributed by atoms with Crippen molar-refractivity contribution in [3.63, 3.8) is 0 Å². The van der Waals surface area contributed by atoms with E-state index in [1.165, 1.54) is 6.42 Å². The molecule has 2 heteroatoms. The Hall–Kier alpha value is -0.550. The summed E-state index contributed by atoms with van der Waals surface area (Å²) in [6.45, 7) is 2.21. The average Bonchev–Trinajstić information content (AvgIpc) is 2.06. The first-order chi connectivity index (χ1) is 5.20. The molecular formula is C9H16N2. The van der Waals surface area contributed by atoms with Gasteiger partial charge < -0.3 is 5.73 Å². The number of rotatable bonds is 1. The number of nitriles is 1. The quantitative estimate of drug-likeness (QED) is 0.623. The van der Waals surface area contributed by atoms with Crippen LogP contribution in [0.15, 0.2) is 0 Å². The fourth-order valence-electron chi connectivity index (χ4n) is 1.71. The van der Waals surface area contributed by atoms with E-state index in [1.807, 2.05) is 0 Å². The third-order valence-corrected chi connectivity index (χ3v) is 2.80. The Bertz CT molecular complexity index is 161. The molecule has 0 saturated heterocycles. The maximum Gasteiger partial charge on any atom is 0.104 e. The second-order valence-electron chi connectivity index (χ2n) is 3.62. The van der Waals surface area contributed by atoms with Gasteiger partial charge in [-0.25, -0.2) is 0 Å². The van der Waals surface area contributed by atoms with Crippen LogP contribution in [-0.4, -0.2) is 5.54 Å². The van der Waals surface area contributed by atoms with Crippen molar-refractivity contribution in [1.29, 1.82) is 5.26 Å². The van der Waals surface area contributed by atoms with E-state index in [9.17, 15) is 0 Å². The molecule has 0 aliphatic heterocycles. The van der Waals surface area contributed by atoms with E-state index in [2.05, 4.69) is 13.0 Å². The fraction of sp³-hybridized carbons (Fsp3) is 0.889. The Morgan fingerprint density at radius 2 is 2.09 bits per heavy atom. The molecule has 0 radical (unpaired) electrons. The van der Waals surface area contributed by atoms with Crippen LogP contribution in [0.3, 0.4) is 0 Å². The summed E-state index contributed by atoms with van der Waals surface area (Å²) in [7, 11) is 0. The molecule has 0 aromatic heterocycles. The van der Waals surface area contributed by atoms with E-state index in [-0.39, 0.29) is 0 Å². The smallest absolute Gasteiger partial charge is 0.104 e. The van der Waals surface area contributed by atoms with Crippen LogP contribution in [0.2, 0.25) is 0 Å². The Morgan fingerprint density at radius 1 is 1.55 bits per heavy atom. The molecule has 1 aliphatic rings. The summed E-state index contributed by atoms with van der Waals surface area (Å²) in [4.78, 5) is 0. The highest BCUT2D eigenvalue weighted by Gasteiger charge is 2.30. The number of hydrogen-bond donors (Lipinski definition) is 1. The van der Waals surface area contributed by atoms with Gasteiger partial charge in [0.2, 0.25) is 0 Å². The van der Waals surface area contributed by atoms with E-state index >= 15 is 0 Å². The highest BCUT2D eigenvalue weighted by Crippen LogP contribution is 2.31. The average molecular weight is 152 g/mol. The van der Waals surface area contributed by atoms with E-state index in [0.29, 0.717) is 0 Å². The summed E-state index contributed by atoms with van der Waals surface area (Å²) in [5, 5.41) is 8.73. The largest absolute Gasteiger partial charge is 0.313 e. The SMILES string of the molecule is CC[C@H]1CC[C@](N)(C#N)CC1. The second kappa shape index (κ2) is 3.23. The number of nitrogens with zero attached hydrogens (tertiary/aromatic N) is 1. The molecule has 0 spiro atoms. The van der Waals surface area contributed by atoms with Crippen LogP contribution >= 0.6 is 0 Å². The lowest BCUT2D eigenvalue weighted by Gasteiger charge is -2.31. The fourth-order valence-corrected chi connectivity index (χ4v) is 1.71. The van der Waals surface area contributed by atoms with Crippen LogP contribution in [0.5, 0.6) is 0 Å². The van der Waals surface area contributed by atoms with Gasteiger partial charge in [-0.1, -0.05) is 13.3 Å². The molecule has 0 aromatic carbocycles. The number of hydrogen-bond acceptors (Lipinski definition) is 2. The van der Waals surface area contributed by atoms with Crippen LogP contribution in [-0.2, 0) is 0 Å². The molecule has 2 N–H and O–H groups in total. The summed E-state index contributed by atoms with van der Waals surface area (Å²) >= 11 is 0. The van der Waals surface area contributed by atoms with Crippen molar-refractivity contribution in [3.05, 3.63) is 0 Å². The predicted octanol–water partition coefficient (Wildman–Crippen LogP) is 1.81. The van der Waals surface area contributed by atoms with E-state index < -0.39 is 5.54 Å². The molecule has 0 aromatic rings. The van der Waals surface area contributed by atoms with Crippen molar-refractivity contribution in [2.75, 3.05) is 0 Å². The zero-order valence-electron chi connectivity index (χ0n) is 7.14. The van der Waals surface area contributed by atoms with Crippen LogP contribution in [0, 0.1) is 17.2 Å². The van der Waals surface area contributed by atoms with Crippen LogP contribution in [0.25, 0.3) is 0 Å². The lowest BCUT2D eigenvalue weighted by Crippen LogP contribution is -2.41. The molecular weight excluding hydrogens is 136 g/mol. The lowest BCUT2D eigenvalue weighted by molar-refractivity contribution is 0.275. The molecule has 0 atom stereocenters. The monoisotopic (exact) mass is 152 g/mol. The van der Waals surface area contributed by atoms with Crippen molar-refractivity contribution in [2.45, 2.75) is 44.6 Å². The normalized spacial score (nSPS) is 38.1. The van der Waals surface area contributed by atoms with Crippen LogP contribution < -0.4 is 5.73 Å². The van der Waals surface area contributed by atoms with E-state index in [1.54, 1.807) is 0 Å². The Balaban J connectivity index is 2.43. The third kappa shape index (κ3) is 1.94. The zero-order chi connectivity index (χ0) is 8.32. The Morgan fingerprint density at radius 3 is 2.45 bits per heavy atom. The maximum absolute atomic E-state index is 8.73. The minimum absolute atomic E-state index is 0.494. The van der Waals surface area contributed by atoms with Gasteiger partial charge in [0.25, 0.3) is 0 Å². The van der Waals surface area contributed by atoms with Gasteiger partial charge in [0, 0.05) is 0 Å². The van der Waals surface area contributed by atoms with Gasteiger partial charge in [-0.3, -0.25) is 0 Å². The van der Waals surface area contributed by atoms with Crippen molar-refractivity contribution < 1.29 is 0 Å². The van der Waals surface area contributed by atoms with Gasteiger partial charge in [-0.15, -0.1) is 0 Å². The van der Waals surface area contributed by atoms with E-state index in [0.717, 1.165) is 31.6 Å². The molecule has 1 saturated carbocycles.